The highest BCUT2D eigenvalue weighted by Crippen LogP contribution is 2.17. The lowest BCUT2D eigenvalue weighted by Gasteiger charge is -2.19. The molecule has 1 saturated carbocycles. The predicted octanol–water partition coefficient (Wildman–Crippen LogP) is 2.80. The van der Waals surface area contributed by atoms with Crippen molar-refractivity contribution in [3.8, 4) is 0 Å². The van der Waals surface area contributed by atoms with Crippen LogP contribution in [0.1, 0.15) is 66.9 Å². The molecule has 0 saturated heterocycles. The van der Waals surface area contributed by atoms with Crippen LogP contribution in [-0.4, -0.2) is 36.5 Å². The summed E-state index contributed by atoms with van der Waals surface area (Å²) < 4.78 is 5.15. The highest BCUT2D eigenvalue weighted by molar-refractivity contribution is 5.96. The Morgan fingerprint density at radius 1 is 1.07 bits per heavy atom. The average Bonchev–Trinajstić information content (AvgIpc) is 2.90. The lowest BCUT2D eigenvalue weighted by Crippen LogP contribution is -2.43. The van der Waals surface area contributed by atoms with Gasteiger partial charge in [0.2, 0.25) is 0 Å². The Balaban J connectivity index is 1.75. The van der Waals surface area contributed by atoms with Crippen molar-refractivity contribution in [1.29, 1.82) is 0 Å². The third-order valence-corrected chi connectivity index (χ3v) is 5.04. The molecule has 2 amide bonds. The molecule has 1 aliphatic rings. The number of nitrogens with one attached hydrogen (secondary N) is 2. The molecular weight excluding hydrogens is 344 g/mol. The Kier molecular flexibility index (Phi) is 7.82. The highest BCUT2D eigenvalue weighted by Gasteiger charge is 2.22. The summed E-state index contributed by atoms with van der Waals surface area (Å²) in [4.78, 5) is 36.3. The molecule has 1 aromatic rings. The maximum absolute atomic E-state index is 12.2. The molecule has 0 bridgehead atoms. The number of amides is 2. The molecular formula is C21H30N2O4. The molecule has 0 spiro atoms. The molecule has 1 aromatic carbocycles. The molecule has 0 unspecified atom stereocenters. The van der Waals surface area contributed by atoms with Gasteiger partial charge in [-0.3, -0.25) is 14.4 Å². The molecule has 27 heavy (non-hydrogen) atoms. The van der Waals surface area contributed by atoms with Crippen molar-refractivity contribution in [3.63, 3.8) is 0 Å². The minimum Gasteiger partial charge on any atom is -0.451 e. The van der Waals surface area contributed by atoms with Crippen molar-refractivity contribution in [3.05, 3.63) is 34.9 Å². The number of carbonyl (C=O) groups is 3. The predicted molar refractivity (Wildman–Crippen MR) is 103 cm³/mol. The van der Waals surface area contributed by atoms with E-state index in [-0.39, 0.29) is 24.4 Å². The van der Waals surface area contributed by atoms with Crippen LogP contribution < -0.4 is 10.6 Å². The zero-order valence-electron chi connectivity index (χ0n) is 16.5. The molecule has 1 aliphatic carbocycles. The zero-order valence-corrected chi connectivity index (χ0v) is 16.5. The van der Waals surface area contributed by atoms with Crippen LogP contribution >= 0.6 is 0 Å². The summed E-state index contributed by atoms with van der Waals surface area (Å²) in [5.41, 5.74) is 2.60. The summed E-state index contributed by atoms with van der Waals surface area (Å²) >= 11 is 0. The highest BCUT2D eigenvalue weighted by atomic mass is 16.5. The molecule has 2 rings (SSSR count). The molecule has 0 aliphatic heterocycles. The fourth-order valence-corrected chi connectivity index (χ4v) is 3.17. The van der Waals surface area contributed by atoms with Gasteiger partial charge < -0.3 is 15.4 Å². The number of carbonyl (C=O) groups excluding carboxylic acids is 3. The quantitative estimate of drug-likeness (QED) is 0.592. The number of hydrogen-bond acceptors (Lipinski definition) is 4. The van der Waals surface area contributed by atoms with Gasteiger partial charge >= 0.3 is 5.97 Å². The van der Waals surface area contributed by atoms with E-state index >= 15 is 0 Å². The summed E-state index contributed by atoms with van der Waals surface area (Å²) in [6, 6.07) is 5.51. The lowest BCUT2D eigenvalue weighted by molar-refractivity contribution is -0.154. The van der Waals surface area contributed by atoms with E-state index in [2.05, 4.69) is 10.6 Å². The van der Waals surface area contributed by atoms with Crippen molar-refractivity contribution in [1.82, 2.24) is 10.6 Å². The average molecular weight is 374 g/mol. The maximum Gasteiger partial charge on any atom is 0.326 e. The van der Waals surface area contributed by atoms with E-state index in [0.29, 0.717) is 5.56 Å². The second-order valence-corrected chi connectivity index (χ2v) is 7.31. The van der Waals surface area contributed by atoms with Gasteiger partial charge in [0.1, 0.15) is 6.54 Å². The Hall–Kier alpha value is -2.37. The van der Waals surface area contributed by atoms with Crippen LogP contribution in [0.5, 0.6) is 0 Å². The smallest absolute Gasteiger partial charge is 0.326 e. The number of ether oxygens (including phenoxy) is 1. The molecule has 6 nitrogen and oxygen atoms in total. The van der Waals surface area contributed by atoms with Crippen LogP contribution in [0.25, 0.3) is 0 Å². The van der Waals surface area contributed by atoms with Crippen LogP contribution in [0.15, 0.2) is 18.2 Å². The largest absolute Gasteiger partial charge is 0.451 e. The minimum absolute atomic E-state index is 0.158. The van der Waals surface area contributed by atoms with Crippen LogP contribution in [0.2, 0.25) is 0 Å². The first-order chi connectivity index (χ1) is 12.9. The molecule has 2 N–H and O–H groups in total. The third kappa shape index (κ3) is 6.70. The van der Waals surface area contributed by atoms with E-state index in [1.807, 2.05) is 19.9 Å². The standard InChI is InChI=1S/C21H30N2O4/c1-14-10-11-17(12-15(14)2)21(26)22-13-19(24)27-16(3)20(25)23-18-8-6-4-5-7-9-18/h10-12,16,18H,4-9,13H2,1-3H3,(H,22,26)(H,23,25)/t16-/m1/s1. The Labute approximate surface area is 161 Å². The summed E-state index contributed by atoms with van der Waals surface area (Å²) in [5, 5.41) is 5.50. The molecule has 0 aromatic heterocycles. The summed E-state index contributed by atoms with van der Waals surface area (Å²) in [5.74, 6) is -1.25. The number of aryl methyl sites for hydroxylation is 2. The normalized spacial score (nSPS) is 16.1. The first kappa shape index (κ1) is 20.9. The van der Waals surface area contributed by atoms with Gasteiger partial charge in [-0.15, -0.1) is 0 Å². The van der Waals surface area contributed by atoms with Gasteiger partial charge in [0, 0.05) is 11.6 Å². The fourth-order valence-electron chi connectivity index (χ4n) is 3.17. The first-order valence-corrected chi connectivity index (χ1v) is 9.72. The molecule has 0 radical (unpaired) electrons. The van der Waals surface area contributed by atoms with Crippen LogP contribution in [0.3, 0.4) is 0 Å². The van der Waals surface area contributed by atoms with Gasteiger partial charge in [-0.2, -0.15) is 0 Å². The topological polar surface area (TPSA) is 84.5 Å². The van der Waals surface area contributed by atoms with Crippen molar-refractivity contribution >= 4 is 17.8 Å². The first-order valence-electron chi connectivity index (χ1n) is 9.72. The van der Waals surface area contributed by atoms with Crippen LogP contribution in [-0.2, 0) is 14.3 Å². The van der Waals surface area contributed by atoms with Gasteiger partial charge in [0.25, 0.3) is 11.8 Å². The van der Waals surface area contributed by atoms with Gasteiger partial charge in [-0.25, -0.2) is 0 Å². The number of rotatable bonds is 6. The van der Waals surface area contributed by atoms with E-state index in [1.54, 1.807) is 19.1 Å². The van der Waals surface area contributed by atoms with E-state index in [0.717, 1.165) is 36.8 Å². The van der Waals surface area contributed by atoms with E-state index in [9.17, 15) is 14.4 Å². The van der Waals surface area contributed by atoms with Crippen molar-refractivity contribution in [2.75, 3.05) is 6.54 Å². The second-order valence-electron chi connectivity index (χ2n) is 7.31. The molecule has 1 fully saturated rings. The van der Waals surface area contributed by atoms with Crippen LogP contribution in [0, 0.1) is 13.8 Å². The number of esters is 1. The number of benzene rings is 1. The van der Waals surface area contributed by atoms with Crippen LogP contribution in [0.4, 0.5) is 0 Å². The summed E-state index contributed by atoms with van der Waals surface area (Å²) in [6.45, 7) is 5.17. The van der Waals surface area contributed by atoms with Gasteiger partial charge in [-0.05, 0) is 56.9 Å². The Morgan fingerprint density at radius 2 is 1.74 bits per heavy atom. The Bertz CT molecular complexity index is 679. The van der Waals surface area contributed by atoms with Gasteiger partial charge in [0.05, 0.1) is 0 Å². The maximum atomic E-state index is 12.2. The molecule has 6 heteroatoms. The minimum atomic E-state index is -0.876. The summed E-state index contributed by atoms with van der Waals surface area (Å²) in [7, 11) is 0. The zero-order chi connectivity index (χ0) is 19.8. The number of hydrogen-bond donors (Lipinski definition) is 2. The molecule has 0 heterocycles. The van der Waals surface area contributed by atoms with Crippen molar-refractivity contribution in [2.24, 2.45) is 0 Å². The van der Waals surface area contributed by atoms with Gasteiger partial charge in [0.15, 0.2) is 6.10 Å². The lowest BCUT2D eigenvalue weighted by atomic mass is 10.1. The van der Waals surface area contributed by atoms with Crippen molar-refractivity contribution in [2.45, 2.75) is 71.4 Å². The van der Waals surface area contributed by atoms with E-state index < -0.39 is 12.1 Å². The van der Waals surface area contributed by atoms with E-state index in [4.69, 9.17) is 4.74 Å². The van der Waals surface area contributed by atoms with E-state index in [1.165, 1.54) is 12.8 Å². The third-order valence-electron chi connectivity index (χ3n) is 5.04. The SMILES string of the molecule is Cc1ccc(C(=O)NCC(=O)O[C@H](C)C(=O)NC2CCCCCC2)cc1C. The van der Waals surface area contributed by atoms with Gasteiger partial charge in [-0.1, -0.05) is 31.7 Å². The monoisotopic (exact) mass is 374 g/mol. The molecule has 1 atom stereocenters. The Morgan fingerprint density at radius 3 is 2.37 bits per heavy atom. The van der Waals surface area contributed by atoms with Crippen molar-refractivity contribution < 1.29 is 19.1 Å². The summed E-state index contributed by atoms with van der Waals surface area (Å²) in [6.07, 6.45) is 5.71. The molecule has 148 valence electrons. The fraction of sp³-hybridized carbons (Fsp3) is 0.571. The second kappa shape index (κ2) is 10.1.